The van der Waals surface area contributed by atoms with E-state index in [0.29, 0.717) is 17.1 Å². The van der Waals surface area contributed by atoms with Crippen molar-refractivity contribution >= 4 is 17.3 Å². The third-order valence-corrected chi connectivity index (χ3v) is 3.20. The van der Waals surface area contributed by atoms with E-state index < -0.39 is 4.92 Å². The highest BCUT2D eigenvalue weighted by molar-refractivity contribution is 6.31. The van der Waals surface area contributed by atoms with Crippen LogP contribution in [0.25, 0.3) is 0 Å². The number of nitro groups is 1. The Kier molecular flexibility index (Phi) is 4.19. The second kappa shape index (κ2) is 5.86. The lowest BCUT2D eigenvalue weighted by atomic mass is 10.1. The molecule has 6 heteroatoms. The van der Waals surface area contributed by atoms with E-state index in [4.69, 9.17) is 16.0 Å². The zero-order valence-electron chi connectivity index (χ0n) is 10.3. The van der Waals surface area contributed by atoms with E-state index in [1.807, 2.05) is 13.0 Å². The molecular formula is C13H13ClN2O3. The Morgan fingerprint density at radius 2 is 2.21 bits per heavy atom. The highest BCUT2D eigenvalue weighted by Crippen LogP contribution is 2.26. The van der Waals surface area contributed by atoms with Gasteiger partial charge < -0.3 is 9.73 Å². The molecule has 0 aliphatic heterocycles. The fraction of sp³-hybridized carbons (Fsp3) is 0.231. The summed E-state index contributed by atoms with van der Waals surface area (Å²) in [6.45, 7) is 2.22. The number of nitrogens with one attached hydrogen (secondary N) is 1. The van der Waals surface area contributed by atoms with Gasteiger partial charge in [0.2, 0.25) is 0 Å². The summed E-state index contributed by atoms with van der Waals surface area (Å²) in [7, 11) is 0. The first-order chi connectivity index (χ1) is 9.09. The number of nitrogens with zero attached hydrogens (tertiary/aromatic N) is 1. The number of benzene rings is 1. The van der Waals surface area contributed by atoms with Crippen LogP contribution in [0.1, 0.15) is 24.3 Å². The lowest BCUT2D eigenvalue weighted by Crippen LogP contribution is -2.18. The molecule has 19 heavy (non-hydrogen) atoms. The normalized spacial score (nSPS) is 12.3. The molecule has 1 aromatic carbocycles. The van der Waals surface area contributed by atoms with Gasteiger partial charge in [0.15, 0.2) is 0 Å². The van der Waals surface area contributed by atoms with Crippen molar-refractivity contribution in [2.45, 2.75) is 19.5 Å². The summed E-state index contributed by atoms with van der Waals surface area (Å²) in [5.41, 5.74) is 0.499. The molecule has 2 rings (SSSR count). The van der Waals surface area contributed by atoms with Crippen LogP contribution >= 0.6 is 11.6 Å². The van der Waals surface area contributed by atoms with Crippen LogP contribution < -0.4 is 5.32 Å². The van der Waals surface area contributed by atoms with Gasteiger partial charge >= 0.3 is 0 Å². The van der Waals surface area contributed by atoms with Crippen molar-refractivity contribution in [3.8, 4) is 0 Å². The van der Waals surface area contributed by atoms with Gasteiger partial charge in [-0.05, 0) is 25.1 Å². The Hall–Kier alpha value is -1.85. The summed E-state index contributed by atoms with van der Waals surface area (Å²) in [4.78, 5) is 10.5. The molecule has 1 heterocycles. The first kappa shape index (κ1) is 13.6. The van der Waals surface area contributed by atoms with Gasteiger partial charge in [-0.25, -0.2) is 0 Å². The van der Waals surface area contributed by atoms with Gasteiger partial charge in [-0.3, -0.25) is 10.1 Å². The molecule has 0 aliphatic carbocycles. The second-order valence-electron chi connectivity index (χ2n) is 4.11. The first-order valence-corrected chi connectivity index (χ1v) is 6.16. The molecule has 1 atom stereocenters. The number of rotatable bonds is 5. The quantitative estimate of drug-likeness (QED) is 0.670. The molecule has 1 N–H and O–H groups in total. The first-order valence-electron chi connectivity index (χ1n) is 5.78. The van der Waals surface area contributed by atoms with Gasteiger partial charge in [-0.2, -0.15) is 0 Å². The fourth-order valence-electron chi connectivity index (χ4n) is 1.79. The van der Waals surface area contributed by atoms with E-state index >= 15 is 0 Å². The highest BCUT2D eigenvalue weighted by Gasteiger charge is 2.17. The molecule has 100 valence electrons. The zero-order chi connectivity index (χ0) is 13.8. The molecule has 0 aliphatic rings. The average Bonchev–Trinajstić information content (AvgIpc) is 2.90. The smallest absolute Gasteiger partial charge is 0.275 e. The van der Waals surface area contributed by atoms with Crippen molar-refractivity contribution in [1.29, 1.82) is 0 Å². The van der Waals surface area contributed by atoms with Gasteiger partial charge in [0, 0.05) is 12.6 Å². The second-order valence-corrected chi connectivity index (χ2v) is 4.52. The molecule has 5 nitrogen and oxygen atoms in total. The topological polar surface area (TPSA) is 68.3 Å². The van der Waals surface area contributed by atoms with Crippen molar-refractivity contribution in [3.63, 3.8) is 0 Å². The number of halogens is 1. The predicted octanol–water partition coefficient (Wildman–Crippen LogP) is 3.69. The third kappa shape index (κ3) is 3.13. The van der Waals surface area contributed by atoms with E-state index in [1.165, 1.54) is 6.07 Å². The summed E-state index contributed by atoms with van der Waals surface area (Å²) >= 11 is 6.01. The summed E-state index contributed by atoms with van der Waals surface area (Å²) < 4.78 is 5.26. The number of nitro benzene ring substituents is 1. The van der Waals surface area contributed by atoms with Crippen LogP contribution in [0.15, 0.2) is 41.0 Å². The van der Waals surface area contributed by atoms with Gasteiger partial charge in [0.1, 0.15) is 5.76 Å². The van der Waals surface area contributed by atoms with Crippen LogP contribution in [0.2, 0.25) is 5.02 Å². The lowest BCUT2D eigenvalue weighted by Gasteiger charge is -2.12. The molecule has 0 saturated carbocycles. The average molecular weight is 281 g/mol. The molecule has 0 bridgehead atoms. The Labute approximate surface area is 115 Å². The lowest BCUT2D eigenvalue weighted by molar-refractivity contribution is -0.385. The van der Waals surface area contributed by atoms with Crippen molar-refractivity contribution in [2.24, 2.45) is 0 Å². The van der Waals surface area contributed by atoms with Crippen LogP contribution in [-0.2, 0) is 6.54 Å². The number of hydrogen-bond donors (Lipinski definition) is 1. The molecule has 1 aromatic heterocycles. The predicted molar refractivity (Wildman–Crippen MR) is 72.1 cm³/mol. The van der Waals surface area contributed by atoms with E-state index in [2.05, 4.69) is 5.32 Å². The molecule has 0 radical (unpaired) electrons. The van der Waals surface area contributed by atoms with E-state index in [0.717, 1.165) is 5.76 Å². The minimum absolute atomic E-state index is 0.0200. The Morgan fingerprint density at radius 3 is 2.84 bits per heavy atom. The van der Waals surface area contributed by atoms with Crippen LogP contribution in [0.5, 0.6) is 0 Å². The Bertz CT molecular complexity index is 569. The fourth-order valence-corrected chi connectivity index (χ4v) is 2.02. The van der Waals surface area contributed by atoms with Gasteiger partial charge in [0.05, 0.1) is 27.8 Å². The summed E-state index contributed by atoms with van der Waals surface area (Å²) in [6.07, 6.45) is 1.59. The number of hydrogen-bond acceptors (Lipinski definition) is 4. The maximum atomic E-state index is 10.9. The Morgan fingerprint density at radius 1 is 1.42 bits per heavy atom. The molecule has 0 fully saturated rings. The van der Waals surface area contributed by atoms with E-state index in [-0.39, 0.29) is 11.7 Å². The Balaban J connectivity index is 2.13. The van der Waals surface area contributed by atoms with Crippen molar-refractivity contribution in [2.75, 3.05) is 0 Å². The molecule has 0 amide bonds. The largest absolute Gasteiger partial charge is 0.468 e. The van der Waals surface area contributed by atoms with Crippen molar-refractivity contribution in [1.82, 2.24) is 5.32 Å². The van der Waals surface area contributed by atoms with Crippen LogP contribution in [0.3, 0.4) is 0 Å². The standard InChI is InChI=1S/C13H13ClN2O3/c1-9(13-6-3-7-19-13)15-8-10-11(14)4-2-5-12(10)16(17)18/h2-7,9,15H,8H2,1H3/t9-/m1/s1. The van der Waals surface area contributed by atoms with Crippen molar-refractivity contribution < 1.29 is 9.34 Å². The number of furan rings is 1. The SMILES string of the molecule is C[C@@H](NCc1c(Cl)cccc1[N+](=O)[O-])c1ccco1. The monoisotopic (exact) mass is 280 g/mol. The van der Waals surface area contributed by atoms with Crippen LogP contribution in [0.4, 0.5) is 5.69 Å². The minimum atomic E-state index is -0.430. The minimum Gasteiger partial charge on any atom is -0.468 e. The van der Waals surface area contributed by atoms with Gasteiger partial charge in [-0.15, -0.1) is 0 Å². The van der Waals surface area contributed by atoms with Crippen LogP contribution in [0, 0.1) is 10.1 Å². The molecule has 0 unspecified atom stereocenters. The van der Waals surface area contributed by atoms with E-state index in [1.54, 1.807) is 24.5 Å². The summed E-state index contributed by atoms with van der Waals surface area (Å²) in [5, 5.41) is 14.5. The molecule has 0 spiro atoms. The summed E-state index contributed by atoms with van der Waals surface area (Å²) in [5.74, 6) is 0.773. The molecule has 0 saturated heterocycles. The van der Waals surface area contributed by atoms with Gasteiger partial charge in [-0.1, -0.05) is 17.7 Å². The molecular weight excluding hydrogens is 268 g/mol. The zero-order valence-corrected chi connectivity index (χ0v) is 11.1. The highest BCUT2D eigenvalue weighted by atomic mass is 35.5. The third-order valence-electron chi connectivity index (χ3n) is 2.85. The van der Waals surface area contributed by atoms with Crippen LogP contribution in [-0.4, -0.2) is 4.92 Å². The summed E-state index contributed by atoms with van der Waals surface area (Å²) in [6, 6.07) is 8.25. The maximum absolute atomic E-state index is 10.9. The van der Waals surface area contributed by atoms with Crippen molar-refractivity contribution in [3.05, 3.63) is 63.1 Å². The van der Waals surface area contributed by atoms with E-state index in [9.17, 15) is 10.1 Å². The van der Waals surface area contributed by atoms with Gasteiger partial charge in [0.25, 0.3) is 5.69 Å². The maximum Gasteiger partial charge on any atom is 0.275 e. The molecule has 2 aromatic rings.